The Labute approximate surface area is 121 Å². The molecule has 4 heteroatoms. The Bertz CT molecular complexity index is 545. The lowest BCUT2D eigenvalue weighted by molar-refractivity contribution is 0.621. The molecule has 0 amide bonds. The van der Waals surface area contributed by atoms with Crippen LogP contribution in [0.15, 0.2) is 53.0 Å². The molecule has 0 heterocycles. The summed E-state index contributed by atoms with van der Waals surface area (Å²) in [7, 11) is 1.99. The zero-order valence-electron chi connectivity index (χ0n) is 10.7. The fraction of sp³-hybridized carbons (Fsp3) is 0.200. The molecule has 0 spiro atoms. The fourth-order valence-electron chi connectivity index (χ4n) is 2.11. The van der Waals surface area contributed by atoms with Gasteiger partial charge in [0.15, 0.2) is 0 Å². The summed E-state index contributed by atoms with van der Waals surface area (Å²) < 4.78 is 13.9. The molecule has 1 unspecified atom stereocenters. The third-order valence-electron chi connectivity index (χ3n) is 3.18. The Balaban J connectivity index is 2.34. The highest BCUT2D eigenvalue weighted by molar-refractivity contribution is 9.10. The Morgan fingerprint density at radius 1 is 1.21 bits per heavy atom. The molecular weight excluding hydrogens is 307 g/mol. The molecule has 19 heavy (non-hydrogen) atoms. The van der Waals surface area contributed by atoms with E-state index in [1.54, 1.807) is 6.07 Å². The molecule has 0 aliphatic heterocycles. The Kier molecular flexibility index (Phi) is 4.56. The Morgan fingerprint density at radius 3 is 2.47 bits per heavy atom. The zero-order chi connectivity index (χ0) is 13.8. The second-order valence-electron chi connectivity index (χ2n) is 4.36. The molecule has 2 aromatic rings. The lowest BCUT2D eigenvalue weighted by atomic mass is 10.0. The first-order valence-corrected chi connectivity index (χ1v) is 6.85. The quantitative estimate of drug-likeness (QED) is 0.929. The van der Waals surface area contributed by atoms with Crippen LogP contribution in [0.2, 0.25) is 0 Å². The number of nitrogens with zero attached hydrogens (tertiary/aromatic N) is 1. The Hall–Kier alpha value is -1.39. The fourth-order valence-corrected chi connectivity index (χ4v) is 2.72. The third kappa shape index (κ3) is 3.14. The molecule has 0 aliphatic carbocycles. The minimum absolute atomic E-state index is 0.00243. The zero-order valence-corrected chi connectivity index (χ0v) is 12.3. The largest absolute Gasteiger partial charge is 0.366 e. The smallest absolute Gasteiger partial charge is 0.124 e. The van der Waals surface area contributed by atoms with Crippen molar-refractivity contribution in [1.82, 2.24) is 0 Å². The van der Waals surface area contributed by atoms with Crippen LogP contribution in [0.4, 0.5) is 10.1 Å². The van der Waals surface area contributed by atoms with Gasteiger partial charge in [0.1, 0.15) is 5.82 Å². The van der Waals surface area contributed by atoms with Gasteiger partial charge in [-0.2, -0.15) is 0 Å². The van der Waals surface area contributed by atoms with Gasteiger partial charge in [0.2, 0.25) is 0 Å². The number of nitrogens with two attached hydrogens (primary N) is 1. The monoisotopic (exact) mass is 322 g/mol. The molecule has 0 bridgehead atoms. The van der Waals surface area contributed by atoms with E-state index in [4.69, 9.17) is 5.73 Å². The van der Waals surface area contributed by atoms with Crippen molar-refractivity contribution < 1.29 is 4.39 Å². The van der Waals surface area contributed by atoms with Gasteiger partial charge in [0.05, 0.1) is 6.04 Å². The first kappa shape index (κ1) is 14.0. The summed E-state index contributed by atoms with van der Waals surface area (Å²) in [5.41, 5.74) is 7.95. The number of likely N-dealkylation sites (N-methyl/N-ethyl adjacent to an activating group) is 1. The van der Waals surface area contributed by atoms with Crippen LogP contribution in [-0.2, 0) is 0 Å². The van der Waals surface area contributed by atoms with Crippen molar-refractivity contribution in [2.75, 3.05) is 18.5 Å². The number of halogens is 2. The maximum absolute atomic E-state index is 13.2. The number of benzene rings is 2. The van der Waals surface area contributed by atoms with E-state index in [1.807, 2.05) is 37.4 Å². The van der Waals surface area contributed by atoms with Gasteiger partial charge in [0, 0.05) is 23.8 Å². The predicted octanol–water partition coefficient (Wildman–Crippen LogP) is 3.72. The standard InChI is InChI=1S/C15H16BrFN2/c1-19(12-5-3-2-4-6-12)15(10-18)13-8-7-11(17)9-14(13)16/h2-9,15H,10,18H2,1H3. The minimum atomic E-state index is -0.256. The summed E-state index contributed by atoms with van der Waals surface area (Å²) in [6.07, 6.45) is 0. The van der Waals surface area contributed by atoms with Crippen molar-refractivity contribution in [2.45, 2.75) is 6.04 Å². The van der Waals surface area contributed by atoms with E-state index in [9.17, 15) is 4.39 Å². The van der Waals surface area contributed by atoms with Gasteiger partial charge in [-0.15, -0.1) is 0 Å². The summed E-state index contributed by atoms with van der Waals surface area (Å²) in [6.45, 7) is 0.454. The molecular formula is C15H16BrFN2. The van der Waals surface area contributed by atoms with Crippen molar-refractivity contribution >= 4 is 21.6 Å². The normalized spacial score (nSPS) is 12.2. The lowest BCUT2D eigenvalue weighted by Crippen LogP contribution is -2.30. The van der Waals surface area contributed by atoms with E-state index >= 15 is 0 Å². The molecule has 0 radical (unpaired) electrons. The molecule has 0 aliphatic rings. The maximum Gasteiger partial charge on any atom is 0.124 e. The van der Waals surface area contributed by atoms with Crippen molar-refractivity contribution in [3.63, 3.8) is 0 Å². The second kappa shape index (κ2) is 6.17. The van der Waals surface area contributed by atoms with Crippen molar-refractivity contribution in [1.29, 1.82) is 0 Å². The predicted molar refractivity (Wildman–Crippen MR) is 80.7 cm³/mol. The SMILES string of the molecule is CN(c1ccccc1)C(CN)c1ccc(F)cc1Br. The molecule has 0 saturated heterocycles. The van der Waals surface area contributed by atoms with E-state index in [0.29, 0.717) is 6.54 Å². The molecule has 0 fully saturated rings. The highest BCUT2D eigenvalue weighted by Gasteiger charge is 2.18. The summed E-state index contributed by atoms with van der Waals surface area (Å²) in [6, 6.07) is 14.7. The van der Waals surface area contributed by atoms with Gasteiger partial charge >= 0.3 is 0 Å². The number of anilines is 1. The molecule has 2 N–H and O–H groups in total. The molecule has 2 rings (SSSR count). The van der Waals surface area contributed by atoms with Crippen LogP contribution in [0.3, 0.4) is 0 Å². The lowest BCUT2D eigenvalue weighted by Gasteiger charge is -2.30. The molecule has 1 atom stereocenters. The second-order valence-corrected chi connectivity index (χ2v) is 5.22. The summed E-state index contributed by atoms with van der Waals surface area (Å²) in [4.78, 5) is 2.10. The van der Waals surface area contributed by atoms with E-state index in [0.717, 1.165) is 15.7 Å². The topological polar surface area (TPSA) is 29.3 Å². The van der Waals surface area contributed by atoms with Crippen molar-refractivity contribution in [2.24, 2.45) is 5.73 Å². The van der Waals surface area contributed by atoms with Crippen LogP contribution in [0.5, 0.6) is 0 Å². The summed E-state index contributed by atoms with van der Waals surface area (Å²) >= 11 is 3.41. The summed E-state index contributed by atoms with van der Waals surface area (Å²) in [5, 5.41) is 0. The highest BCUT2D eigenvalue weighted by Crippen LogP contribution is 2.30. The van der Waals surface area contributed by atoms with Gasteiger partial charge in [-0.25, -0.2) is 4.39 Å². The van der Waals surface area contributed by atoms with Crippen LogP contribution in [0, 0.1) is 5.82 Å². The van der Waals surface area contributed by atoms with Crippen LogP contribution in [-0.4, -0.2) is 13.6 Å². The number of para-hydroxylation sites is 1. The minimum Gasteiger partial charge on any atom is -0.366 e. The van der Waals surface area contributed by atoms with Gasteiger partial charge in [-0.05, 0) is 29.8 Å². The molecule has 100 valence electrons. The molecule has 2 aromatic carbocycles. The van der Waals surface area contributed by atoms with Gasteiger partial charge in [0.25, 0.3) is 0 Å². The molecule has 2 nitrogen and oxygen atoms in total. The third-order valence-corrected chi connectivity index (χ3v) is 3.86. The van der Waals surface area contributed by atoms with E-state index in [2.05, 4.69) is 20.8 Å². The molecule has 0 saturated carbocycles. The van der Waals surface area contributed by atoms with E-state index in [1.165, 1.54) is 12.1 Å². The van der Waals surface area contributed by atoms with Crippen LogP contribution < -0.4 is 10.6 Å². The number of hydrogen-bond donors (Lipinski definition) is 1. The van der Waals surface area contributed by atoms with Crippen molar-refractivity contribution in [3.05, 3.63) is 64.4 Å². The van der Waals surface area contributed by atoms with Crippen LogP contribution >= 0.6 is 15.9 Å². The summed E-state index contributed by atoms with van der Waals surface area (Å²) in [5.74, 6) is -0.256. The van der Waals surface area contributed by atoms with Crippen molar-refractivity contribution in [3.8, 4) is 0 Å². The van der Waals surface area contributed by atoms with Crippen LogP contribution in [0.1, 0.15) is 11.6 Å². The van der Waals surface area contributed by atoms with Crippen LogP contribution in [0.25, 0.3) is 0 Å². The Morgan fingerprint density at radius 2 is 1.89 bits per heavy atom. The van der Waals surface area contributed by atoms with Gasteiger partial charge < -0.3 is 10.6 Å². The van der Waals surface area contributed by atoms with Gasteiger partial charge in [-0.1, -0.05) is 40.2 Å². The maximum atomic E-state index is 13.2. The first-order valence-electron chi connectivity index (χ1n) is 6.06. The molecule has 0 aromatic heterocycles. The number of hydrogen-bond acceptors (Lipinski definition) is 2. The first-order chi connectivity index (χ1) is 9.13. The van der Waals surface area contributed by atoms with E-state index < -0.39 is 0 Å². The highest BCUT2D eigenvalue weighted by atomic mass is 79.9. The average Bonchev–Trinajstić information content (AvgIpc) is 2.42. The van der Waals surface area contributed by atoms with E-state index in [-0.39, 0.29) is 11.9 Å². The van der Waals surface area contributed by atoms with Gasteiger partial charge in [-0.3, -0.25) is 0 Å². The average molecular weight is 323 g/mol. The number of rotatable bonds is 4.